The van der Waals surface area contributed by atoms with Gasteiger partial charge < -0.3 is 0 Å². The standard InChI is InChI=1S/C15H21N3O4S/c1-13(2)7-8-16-9-11-17(12-10-16)23(21,22)15-6-4-3-5-14(15)18(19)20/h3-7H,8-12H2,1-2H3. The second kappa shape index (κ2) is 7.20. The van der Waals surface area contributed by atoms with Crippen LogP contribution in [0.4, 0.5) is 5.69 Å². The van der Waals surface area contributed by atoms with Crippen molar-refractivity contribution in [1.82, 2.24) is 9.21 Å². The Kier molecular flexibility index (Phi) is 5.51. The van der Waals surface area contributed by atoms with Crippen LogP contribution in [0.2, 0.25) is 0 Å². The van der Waals surface area contributed by atoms with Gasteiger partial charge in [0.2, 0.25) is 10.0 Å². The van der Waals surface area contributed by atoms with Crippen molar-refractivity contribution in [2.45, 2.75) is 18.7 Å². The van der Waals surface area contributed by atoms with E-state index in [0.717, 1.165) is 6.54 Å². The number of rotatable bonds is 5. The van der Waals surface area contributed by atoms with E-state index >= 15 is 0 Å². The largest absolute Gasteiger partial charge is 0.297 e. The minimum absolute atomic E-state index is 0.234. The average Bonchev–Trinajstić information content (AvgIpc) is 2.53. The van der Waals surface area contributed by atoms with Gasteiger partial charge in [0.05, 0.1) is 4.92 Å². The zero-order valence-electron chi connectivity index (χ0n) is 13.3. The third-order valence-corrected chi connectivity index (χ3v) is 5.71. The van der Waals surface area contributed by atoms with Crippen molar-refractivity contribution in [3.63, 3.8) is 0 Å². The van der Waals surface area contributed by atoms with Crippen molar-refractivity contribution < 1.29 is 13.3 Å². The van der Waals surface area contributed by atoms with E-state index < -0.39 is 14.9 Å². The highest BCUT2D eigenvalue weighted by Gasteiger charge is 2.33. The Morgan fingerprint density at radius 2 is 1.83 bits per heavy atom. The first-order chi connectivity index (χ1) is 10.8. The maximum absolute atomic E-state index is 12.7. The topological polar surface area (TPSA) is 83.8 Å². The Morgan fingerprint density at radius 3 is 2.39 bits per heavy atom. The summed E-state index contributed by atoms with van der Waals surface area (Å²) in [4.78, 5) is 12.3. The molecule has 0 radical (unpaired) electrons. The van der Waals surface area contributed by atoms with Crippen molar-refractivity contribution in [1.29, 1.82) is 0 Å². The summed E-state index contributed by atoms with van der Waals surface area (Å²) in [6.45, 7) is 6.75. The molecule has 23 heavy (non-hydrogen) atoms. The molecule has 1 heterocycles. The minimum Gasteiger partial charge on any atom is -0.297 e. The molecule has 1 saturated heterocycles. The summed E-state index contributed by atoms with van der Waals surface area (Å²) in [6, 6.07) is 5.49. The molecule has 0 aliphatic carbocycles. The Labute approximate surface area is 136 Å². The van der Waals surface area contributed by atoms with E-state index in [1.807, 2.05) is 13.8 Å². The van der Waals surface area contributed by atoms with Crippen LogP contribution >= 0.6 is 0 Å². The Morgan fingerprint density at radius 1 is 1.22 bits per heavy atom. The third kappa shape index (κ3) is 4.15. The molecule has 1 aliphatic heterocycles. The fourth-order valence-electron chi connectivity index (χ4n) is 2.43. The van der Waals surface area contributed by atoms with Gasteiger partial charge in [0.1, 0.15) is 0 Å². The molecule has 0 aromatic heterocycles. The van der Waals surface area contributed by atoms with Gasteiger partial charge in [-0.2, -0.15) is 4.31 Å². The van der Waals surface area contributed by atoms with Crippen molar-refractivity contribution in [3.05, 3.63) is 46.0 Å². The van der Waals surface area contributed by atoms with Gasteiger partial charge in [-0.15, -0.1) is 0 Å². The van der Waals surface area contributed by atoms with Gasteiger partial charge in [0, 0.05) is 38.8 Å². The molecule has 0 spiro atoms. The molecule has 1 aliphatic rings. The molecule has 1 aromatic rings. The number of nitrogens with zero attached hydrogens (tertiary/aromatic N) is 3. The van der Waals surface area contributed by atoms with Crippen LogP contribution in [0, 0.1) is 10.1 Å². The van der Waals surface area contributed by atoms with Crippen LogP contribution in [0.25, 0.3) is 0 Å². The number of sulfonamides is 1. The normalized spacial score (nSPS) is 17.0. The van der Waals surface area contributed by atoms with E-state index in [-0.39, 0.29) is 10.6 Å². The van der Waals surface area contributed by atoms with E-state index in [2.05, 4.69) is 11.0 Å². The highest BCUT2D eigenvalue weighted by Crippen LogP contribution is 2.26. The van der Waals surface area contributed by atoms with Gasteiger partial charge in [0.15, 0.2) is 4.90 Å². The first-order valence-corrected chi connectivity index (χ1v) is 8.85. The van der Waals surface area contributed by atoms with Crippen LogP contribution in [0.15, 0.2) is 40.8 Å². The molecule has 2 rings (SSSR count). The van der Waals surface area contributed by atoms with Gasteiger partial charge in [-0.1, -0.05) is 23.8 Å². The van der Waals surface area contributed by atoms with Gasteiger partial charge in [-0.05, 0) is 19.9 Å². The predicted molar refractivity (Wildman–Crippen MR) is 87.7 cm³/mol. The number of hydrogen-bond acceptors (Lipinski definition) is 5. The van der Waals surface area contributed by atoms with Crippen LogP contribution < -0.4 is 0 Å². The summed E-state index contributed by atoms with van der Waals surface area (Å²) in [5, 5.41) is 11.1. The zero-order chi connectivity index (χ0) is 17.0. The highest BCUT2D eigenvalue weighted by atomic mass is 32.2. The summed E-state index contributed by atoms with van der Waals surface area (Å²) >= 11 is 0. The van der Waals surface area contributed by atoms with Crippen molar-refractivity contribution >= 4 is 15.7 Å². The monoisotopic (exact) mass is 339 g/mol. The van der Waals surface area contributed by atoms with Crippen molar-refractivity contribution in [2.75, 3.05) is 32.7 Å². The molecule has 8 heteroatoms. The summed E-state index contributed by atoms with van der Waals surface area (Å²) in [5.74, 6) is 0. The summed E-state index contributed by atoms with van der Waals surface area (Å²) < 4.78 is 26.7. The van der Waals surface area contributed by atoms with Gasteiger partial charge in [-0.25, -0.2) is 8.42 Å². The van der Waals surface area contributed by atoms with Gasteiger partial charge in [-0.3, -0.25) is 15.0 Å². The Balaban J connectivity index is 2.14. The third-order valence-electron chi connectivity index (χ3n) is 3.77. The number of para-hydroxylation sites is 1. The summed E-state index contributed by atoms with van der Waals surface area (Å²) in [5.41, 5.74) is 0.847. The van der Waals surface area contributed by atoms with Crippen LogP contribution in [0.5, 0.6) is 0 Å². The molecule has 0 bridgehead atoms. The number of benzene rings is 1. The maximum atomic E-state index is 12.7. The zero-order valence-corrected chi connectivity index (χ0v) is 14.1. The van der Waals surface area contributed by atoms with Gasteiger partial charge in [0.25, 0.3) is 5.69 Å². The average molecular weight is 339 g/mol. The number of allylic oxidation sites excluding steroid dienone is 1. The first kappa shape index (κ1) is 17.6. The van der Waals surface area contributed by atoms with Crippen LogP contribution in [-0.4, -0.2) is 55.3 Å². The van der Waals surface area contributed by atoms with E-state index in [4.69, 9.17) is 0 Å². The van der Waals surface area contributed by atoms with E-state index in [1.165, 1.54) is 34.1 Å². The Bertz CT molecular complexity index is 703. The quantitative estimate of drug-likeness (QED) is 0.464. The second-order valence-electron chi connectivity index (χ2n) is 5.71. The SMILES string of the molecule is CC(C)=CCN1CCN(S(=O)(=O)c2ccccc2[N+](=O)[O-])CC1. The van der Waals surface area contributed by atoms with Crippen LogP contribution in [0.3, 0.4) is 0 Å². The first-order valence-electron chi connectivity index (χ1n) is 7.41. The van der Waals surface area contributed by atoms with Crippen LogP contribution in [-0.2, 0) is 10.0 Å². The molecule has 0 amide bonds. The summed E-state index contributed by atoms with van der Waals surface area (Å²) in [7, 11) is -3.84. The Hall–Kier alpha value is -1.77. The fourth-order valence-corrected chi connectivity index (χ4v) is 4.01. The molecule has 0 unspecified atom stereocenters. The van der Waals surface area contributed by atoms with E-state index in [9.17, 15) is 18.5 Å². The summed E-state index contributed by atoms with van der Waals surface area (Å²) in [6.07, 6.45) is 2.10. The molecule has 1 fully saturated rings. The van der Waals surface area contributed by atoms with Crippen molar-refractivity contribution in [3.8, 4) is 0 Å². The van der Waals surface area contributed by atoms with Crippen LogP contribution in [0.1, 0.15) is 13.8 Å². The number of nitro benzene ring substituents is 1. The fraction of sp³-hybridized carbons (Fsp3) is 0.467. The smallest absolute Gasteiger partial charge is 0.289 e. The molecule has 0 atom stereocenters. The molecular weight excluding hydrogens is 318 g/mol. The van der Waals surface area contributed by atoms with E-state index in [1.54, 1.807) is 0 Å². The van der Waals surface area contributed by atoms with Gasteiger partial charge >= 0.3 is 0 Å². The highest BCUT2D eigenvalue weighted by molar-refractivity contribution is 7.89. The lowest BCUT2D eigenvalue weighted by molar-refractivity contribution is -0.387. The lowest BCUT2D eigenvalue weighted by Gasteiger charge is -2.33. The van der Waals surface area contributed by atoms with Crippen molar-refractivity contribution in [2.24, 2.45) is 0 Å². The lowest BCUT2D eigenvalue weighted by atomic mass is 10.3. The predicted octanol–water partition coefficient (Wildman–Crippen LogP) is 1.87. The molecule has 0 saturated carbocycles. The van der Waals surface area contributed by atoms with E-state index in [0.29, 0.717) is 26.2 Å². The molecule has 126 valence electrons. The molecular formula is C15H21N3O4S. The minimum atomic E-state index is -3.84. The second-order valence-corrected chi connectivity index (χ2v) is 7.62. The number of piperazine rings is 1. The lowest BCUT2D eigenvalue weighted by Crippen LogP contribution is -2.48. The number of nitro groups is 1. The maximum Gasteiger partial charge on any atom is 0.289 e. The molecule has 7 nitrogen and oxygen atoms in total. The number of hydrogen-bond donors (Lipinski definition) is 0. The molecule has 0 N–H and O–H groups in total. The molecule has 1 aromatic carbocycles.